The lowest BCUT2D eigenvalue weighted by Gasteiger charge is -2.14. The Hall–Kier alpha value is -2.94. The van der Waals surface area contributed by atoms with E-state index in [2.05, 4.69) is 15.5 Å². The lowest BCUT2D eigenvalue weighted by molar-refractivity contribution is -0.385. The first-order valence-corrected chi connectivity index (χ1v) is 5.87. The number of nitrogens with one attached hydrogen (secondary N) is 1. The maximum Gasteiger partial charge on any atom is 0.287 e. The van der Waals surface area contributed by atoms with Gasteiger partial charge in [-0.1, -0.05) is 0 Å². The Bertz CT molecular complexity index is 609. The predicted molar refractivity (Wildman–Crippen MR) is 73.5 cm³/mol. The number of hydrogen-bond acceptors (Lipinski definition) is 8. The van der Waals surface area contributed by atoms with Crippen molar-refractivity contribution in [1.29, 1.82) is 0 Å². The third-order valence-electron chi connectivity index (χ3n) is 2.57. The molecule has 1 aliphatic rings. The SMILES string of the molecule is O=[N+]([O-])c1ccc(N/N=C\[C@@H]2C=C(CO)OC=C2O)nc1. The minimum absolute atomic E-state index is 0.0607. The standard InChI is InChI=1S/C12H12N4O5/c17-6-10-3-8(11(18)7-21-10)4-14-15-12-2-1-9(5-13-12)16(19)20/h1-5,7-8,17-18H,6H2,(H,13,15)/b14-4-/t8-/m0/s1. The zero-order chi connectivity index (χ0) is 15.2. The van der Waals surface area contributed by atoms with Gasteiger partial charge in [-0.25, -0.2) is 4.98 Å². The monoisotopic (exact) mass is 292 g/mol. The van der Waals surface area contributed by atoms with Crippen molar-refractivity contribution in [3.05, 3.63) is 52.3 Å². The average molecular weight is 292 g/mol. The van der Waals surface area contributed by atoms with Crippen molar-refractivity contribution in [2.75, 3.05) is 12.0 Å². The highest BCUT2D eigenvalue weighted by Gasteiger charge is 2.15. The molecule has 0 amide bonds. The van der Waals surface area contributed by atoms with Crippen LogP contribution in [0.2, 0.25) is 0 Å². The number of hydrazone groups is 1. The van der Waals surface area contributed by atoms with E-state index >= 15 is 0 Å². The summed E-state index contributed by atoms with van der Waals surface area (Å²) in [6.45, 7) is -0.286. The molecule has 2 rings (SSSR count). The van der Waals surface area contributed by atoms with Gasteiger partial charge in [0.2, 0.25) is 0 Å². The van der Waals surface area contributed by atoms with Gasteiger partial charge in [-0.2, -0.15) is 5.10 Å². The molecule has 0 fully saturated rings. The Kier molecular flexibility index (Phi) is 4.46. The zero-order valence-electron chi connectivity index (χ0n) is 10.7. The Labute approximate surface area is 119 Å². The van der Waals surface area contributed by atoms with E-state index in [1.807, 2.05) is 0 Å². The van der Waals surface area contributed by atoms with E-state index in [1.54, 1.807) is 0 Å². The summed E-state index contributed by atoms with van der Waals surface area (Å²) < 4.78 is 4.91. The lowest BCUT2D eigenvalue weighted by atomic mass is 10.1. The van der Waals surface area contributed by atoms with Gasteiger partial charge in [-0.15, -0.1) is 0 Å². The topological polar surface area (TPSA) is 130 Å². The van der Waals surface area contributed by atoms with Crippen LogP contribution in [0.4, 0.5) is 11.5 Å². The molecule has 1 aromatic heterocycles. The van der Waals surface area contributed by atoms with Crippen LogP contribution in [0.3, 0.4) is 0 Å². The molecule has 21 heavy (non-hydrogen) atoms. The second-order valence-electron chi connectivity index (χ2n) is 4.03. The molecule has 1 aromatic rings. The van der Waals surface area contributed by atoms with Crippen molar-refractivity contribution in [2.45, 2.75) is 0 Å². The summed E-state index contributed by atoms with van der Waals surface area (Å²) in [5.41, 5.74) is 2.46. The molecule has 1 aliphatic heterocycles. The number of aromatic nitrogens is 1. The van der Waals surface area contributed by atoms with E-state index in [0.29, 0.717) is 11.6 Å². The van der Waals surface area contributed by atoms with Crippen LogP contribution in [0, 0.1) is 16.0 Å². The summed E-state index contributed by atoms with van der Waals surface area (Å²) >= 11 is 0. The van der Waals surface area contributed by atoms with Crippen LogP contribution in [0.25, 0.3) is 0 Å². The molecule has 0 aliphatic carbocycles. The van der Waals surface area contributed by atoms with E-state index < -0.39 is 10.8 Å². The molecule has 9 heteroatoms. The quantitative estimate of drug-likeness (QED) is 0.423. The Morgan fingerprint density at radius 1 is 1.57 bits per heavy atom. The highest BCUT2D eigenvalue weighted by molar-refractivity contribution is 5.68. The first kappa shape index (κ1) is 14.5. The third kappa shape index (κ3) is 3.76. The molecule has 1 atom stereocenters. The fourth-order valence-corrected chi connectivity index (χ4v) is 1.49. The first-order valence-electron chi connectivity index (χ1n) is 5.87. The highest BCUT2D eigenvalue weighted by atomic mass is 16.6. The minimum atomic E-state index is -0.549. The van der Waals surface area contributed by atoms with Gasteiger partial charge in [0.25, 0.3) is 5.69 Å². The van der Waals surface area contributed by atoms with Crippen LogP contribution in [-0.4, -0.2) is 32.9 Å². The fraction of sp³-hybridized carbons (Fsp3) is 0.167. The molecule has 110 valence electrons. The number of anilines is 1. The minimum Gasteiger partial charge on any atom is -0.508 e. The van der Waals surface area contributed by atoms with Crippen LogP contribution in [0.5, 0.6) is 0 Å². The zero-order valence-corrected chi connectivity index (χ0v) is 10.7. The Morgan fingerprint density at radius 3 is 3.00 bits per heavy atom. The Balaban J connectivity index is 1.98. The molecule has 9 nitrogen and oxygen atoms in total. The number of nitro groups is 1. The summed E-state index contributed by atoms with van der Waals surface area (Å²) in [5, 5.41) is 32.9. The first-order chi connectivity index (χ1) is 10.1. The van der Waals surface area contributed by atoms with Gasteiger partial charge in [0.1, 0.15) is 36.4 Å². The summed E-state index contributed by atoms with van der Waals surface area (Å²) in [4.78, 5) is 13.7. The number of aliphatic hydroxyl groups excluding tert-OH is 2. The molecule has 0 aromatic carbocycles. The molecular formula is C12H12N4O5. The van der Waals surface area contributed by atoms with Gasteiger partial charge >= 0.3 is 0 Å². The highest BCUT2D eigenvalue weighted by Crippen LogP contribution is 2.18. The van der Waals surface area contributed by atoms with E-state index in [4.69, 9.17) is 9.84 Å². The van der Waals surface area contributed by atoms with Gasteiger partial charge < -0.3 is 14.9 Å². The predicted octanol–water partition coefficient (Wildman–Crippen LogP) is 1.31. The molecule has 2 heterocycles. The van der Waals surface area contributed by atoms with E-state index in [1.165, 1.54) is 24.4 Å². The molecule has 0 saturated carbocycles. The van der Waals surface area contributed by atoms with Crippen LogP contribution in [0.1, 0.15) is 0 Å². The van der Waals surface area contributed by atoms with E-state index in [9.17, 15) is 15.2 Å². The number of allylic oxidation sites excluding steroid dienone is 1. The molecular weight excluding hydrogens is 280 g/mol. The number of ether oxygens (including phenoxy) is 1. The third-order valence-corrected chi connectivity index (χ3v) is 2.57. The summed E-state index contributed by atoms with van der Waals surface area (Å²) in [6, 6.07) is 2.70. The average Bonchev–Trinajstić information content (AvgIpc) is 2.49. The lowest BCUT2D eigenvalue weighted by Crippen LogP contribution is -2.11. The second kappa shape index (κ2) is 6.48. The smallest absolute Gasteiger partial charge is 0.287 e. The molecule has 0 bridgehead atoms. The fourth-order valence-electron chi connectivity index (χ4n) is 1.49. The summed E-state index contributed by atoms with van der Waals surface area (Å²) in [6.07, 6.45) is 5.11. The number of pyridine rings is 1. The van der Waals surface area contributed by atoms with Crippen molar-refractivity contribution >= 4 is 17.7 Å². The normalized spacial score (nSPS) is 17.9. The van der Waals surface area contributed by atoms with Gasteiger partial charge in [-0.05, 0) is 12.1 Å². The van der Waals surface area contributed by atoms with Gasteiger partial charge in [0.05, 0.1) is 10.8 Å². The maximum atomic E-state index is 10.5. The van der Waals surface area contributed by atoms with Crippen molar-refractivity contribution in [1.82, 2.24) is 4.98 Å². The molecule has 3 N–H and O–H groups in total. The van der Waals surface area contributed by atoms with Crippen LogP contribution in [-0.2, 0) is 4.74 Å². The number of rotatable bonds is 5. The van der Waals surface area contributed by atoms with E-state index in [0.717, 1.165) is 12.5 Å². The largest absolute Gasteiger partial charge is 0.508 e. The van der Waals surface area contributed by atoms with Crippen LogP contribution >= 0.6 is 0 Å². The Morgan fingerprint density at radius 2 is 2.38 bits per heavy atom. The van der Waals surface area contributed by atoms with Crippen molar-refractivity contribution < 1.29 is 19.9 Å². The maximum absolute atomic E-state index is 10.5. The van der Waals surface area contributed by atoms with Gasteiger partial charge in [-0.3, -0.25) is 15.5 Å². The second-order valence-corrected chi connectivity index (χ2v) is 4.03. The van der Waals surface area contributed by atoms with Gasteiger partial charge in [0, 0.05) is 12.3 Å². The summed E-state index contributed by atoms with van der Waals surface area (Å²) in [5.74, 6) is 0.0253. The molecule has 0 radical (unpaired) electrons. The van der Waals surface area contributed by atoms with Crippen molar-refractivity contribution in [3.63, 3.8) is 0 Å². The van der Waals surface area contributed by atoms with Crippen molar-refractivity contribution in [2.24, 2.45) is 11.0 Å². The molecule has 0 saturated heterocycles. The van der Waals surface area contributed by atoms with Crippen LogP contribution < -0.4 is 5.43 Å². The molecule has 0 spiro atoms. The summed E-state index contributed by atoms with van der Waals surface area (Å²) in [7, 11) is 0. The van der Waals surface area contributed by atoms with Crippen molar-refractivity contribution in [3.8, 4) is 0 Å². The molecule has 0 unspecified atom stereocenters. The number of nitrogens with zero attached hydrogens (tertiary/aromatic N) is 3. The van der Waals surface area contributed by atoms with Crippen LogP contribution in [0.15, 0.2) is 47.3 Å². The van der Waals surface area contributed by atoms with E-state index in [-0.39, 0.29) is 18.1 Å². The van der Waals surface area contributed by atoms with Gasteiger partial charge in [0.15, 0.2) is 0 Å². The number of hydrogen-bond donors (Lipinski definition) is 3. The number of aliphatic hydroxyl groups is 2.